The van der Waals surface area contributed by atoms with Crippen LogP contribution in [-0.4, -0.2) is 17.3 Å². The Kier molecular flexibility index (Phi) is 2.37. The van der Waals surface area contributed by atoms with Gasteiger partial charge in [0.1, 0.15) is 12.0 Å². The first-order valence-electron chi connectivity index (χ1n) is 4.71. The summed E-state index contributed by atoms with van der Waals surface area (Å²) in [5, 5.41) is 13.8. The van der Waals surface area contributed by atoms with Crippen LogP contribution in [0.25, 0.3) is 0 Å². The van der Waals surface area contributed by atoms with Gasteiger partial charge in [-0.25, -0.2) is 0 Å². The lowest BCUT2D eigenvalue weighted by atomic mass is 10.2. The number of nitro groups is 1. The molecule has 1 aliphatic rings. The van der Waals surface area contributed by atoms with Crippen molar-refractivity contribution in [1.29, 1.82) is 0 Å². The zero-order chi connectivity index (χ0) is 10.8. The highest BCUT2D eigenvalue weighted by Crippen LogP contribution is 2.31. The van der Waals surface area contributed by atoms with E-state index in [0.29, 0.717) is 23.6 Å². The first-order chi connectivity index (χ1) is 7.20. The van der Waals surface area contributed by atoms with Gasteiger partial charge in [0.05, 0.1) is 4.92 Å². The largest absolute Gasteiger partial charge is 0.377 e. The quantitative estimate of drug-likeness (QED) is 0.464. The summed E-state index contributed by atoms with van der Waals surface area (Å²) in [6, 6.07) is 4.80. The fourth-order valence-electron chi connectivity index (χ4n) is 1.34. The number of hydrogen-bond donors (Lipinski definition) is 1. The average molecular weight is 206 g/mol. The Bertz CT molecular complexity index is 413. The highest BCUT2D eigenvalue weighted by molar-refractivity contribution is 5.79. The maximum atomic E-state index is 10.7. The van der Waals surface area contributed by atoms with Gasteiger partial charge in [-0.3, -0.25) is 14.9 Å². The zero-order valence-corrected chi connectivity index (χ0v) is 7.97. The van der Waals surface area contributed by atoms with Crippen molar-refractivity contribution in [2.24, 2.45) is 0 Å². The molecule has 0 saturated heterocycles. The molecule has 0 bridgehead atoms. The number of benzene rings is 1. The lowest BCUT2D eigenvalue weighted by Gasteiger charge is -2.05. The lowest BCUT2D eigenvalue weighted by molar-refractivity contribution is -0.384. The average Bonchev–Trinajstić information content (AvgIpc) is 3.02. The van der Waals surface area contributed by atoms with E-state index in [2.05, 4.69) is 5.32 Å². The number of nitrogens with zero attached hydrogens (tertiary/aromatic N) is 1. The minimum Gasteiger partial charge on any atom is -0.377 e. The van der Waals surface area contributed by atoms with Gasteiger partial charge in [-0.15, -0.1) is 0 Å². The lowest BCUT2D eigenvalue weighted by Crippen LogP contribution is -2.04. The Morgan fingerprint density at radius 3 is 2.73 bits per heavy atom. The highest BCUT2D eigenvalue weighted by Gasteiger charge is 2.24. The van der Waals surface area contributed by atoms with E-state index in [0.717, 1.165) is 12.8 Å². The molecule has 1 N–H and O–H groups in total. The normalized spacial score (nSPS) is 14.7. The van der Waals surface area contributed by atoms with Crippen LogP contribution in [0.15, 0.2) is 18.2 Å². The van der Waals surface area contributed by atoms with E-state index in [1.165, 1.54) is 6.07 Å². The Labute approximate surface area is 86.2 Å². The van der Waals surface area contributed by atoms with Gasteiger partial charge in [0, 0.05) is 17.7 Å². The third-order valence-corrected chi connectivity index (χ3v) is 2.29. The SMILES string of the molecule is O=Cc1ccc(NC2CC2)c([N+](=O)[O-])c1. The number of carbonyl (C=O) groups is 1. The molecular formula is C10H10N2O3. The van der Waals surface area contributed by atoms with Crippen LogP contribution in [0.4, 0.5) is 11.4 Å². The van der Waals surface area contributed by atoms with E-state index < -0.39 is 4.92 Å². The first kappa shape index (κ1) is 9.64. The number of nitrogens with one attached hydrogen (secondary N) is 1. The fraction of sp³-hybridized carbons (Fsp3) is 0.300. The smallest absolute Gasteiger partial charge is 0.293 e. The minimum atomic E-state index is -0.474. The predicted molar refractivity (Wildman–Crippen MR) is 55.1 cm³/mol. The maximum absolute atomic E-state index is 10.7. The molecule has 2 rings (SSSR count). The van der Waals surface area contributed by atoms with Crippen LogP contribution >= 0.6 is 0 Å². The second kappa shape index (κ2) is 3.68. The summed E-state index contributed by atoms with van der Waals surface area (Å²) in [4.78, 5) is 20.8. The summed E-state index contributed by atoms with van der Waals surface area (Å²) < 4.78 is 0. The molecule has 5 nitrogen and oxygen atoms in total. The molecular weight excluding hydrogens is 196 g/mol. The number of nitro benzene ring substituents is 1. The van der Waals surface area contributed by atoms with Crippen LogP contribution in [0, 0.1) is 10.1 Å². The second-order valence-corrected chi connectivity index (χ2v) is 3.57. The van der Waals surface area contributed by atoms with Crippen molar-refractivity contribution in [2.75, 3.05) is 5.32 Å². The fourth-order valence-corrected chi connectivity index (χ4v) is 1.34. The van der Waals surface area contributed by atoms with Gasteiger partial charge in [-0.2, -0.15) is 0 Å². The van der Waals surface area contributed by atoms with Gasteiger partial charge in [-0.1, -0.05) is 0 Å². The molecule has 0 radical (unpaired) electrons. The van der Waals surface area contributed by atoms with E-state index in [9.17, 15) is 14.9 Å². The second-order valence-electron chi connectivity index (χ2n) is 3.57. The van der Waals surface area contributed by atoms with E-state index in [-0.39, 0.29) is 5.69 Å². The van der Waals surface area contributed by atoms with Gasteiger partial charge >= 0.3 is 0 Å². The van der Waals surface area contributed by atoms with Crippen molar-refractivity contribution >= 4 is 17.7 Å². The Morgan fingerprint density at radius 2 is 2.20 bits per heavy atom. The molecule has 5 heteroatoms. The van der Waals surface area contributed by atoms with Crippen molar-refractivity contribution in [1.82, 2.24) is 0 Å². The summed E-state index contributed by atoms with van der Waals surface area (Å²) in [7, 11) is 0. The highest BCUT2D eigenvalue weighted by atomic mass is 16.6. The topological polar surface area (TPSA) is 72.2 Å². The zero-order valence-electron chi connectivity index (χ0n) is 7.97. The van der Waals surface area contributed by atoms with Crippen molar-refractivity contribution < 1.29 is 9.72 Å². The molecule has 1 fully saturated rings. The molecule has 1 aromatic rings. The molecule has 15 heavy (non-hydrogen) atoms. The predicted octanol–water partition coefficient (Wildman–Crippen LogP) is 1.98. The maximum Gasteiger partial charge on any atom is 0.293 e. The summed E-state index contributed by atoms with van der Waals surface area (Å²) in [5.41, 5.74) is 0.780. The molecule has 0 spiro atoms. The number of hydrogen-bond acceptors (Lipinski definition) is 4. The van der Waals surface area contributed by atoms with Crippen molar-refractivity contribution in [3.05, 3.63) is 33.9 Å². The van der Waals surface area contributed by atoms with Crippen molar-refractivity contribution in [3.8, 4) is 0 Å². The molecule has 0 amide bonds. The van der Waals surface area contributed by atoms with E-state index in [1.807, 2.05) is 0 Å². The Hall–Kier alpha value is -1.91. The van der Waals surface area contributed by atoms with Crippen LogP contribution < -0.4 is 5.32 Å². The van der Waals surface area contributed by atoms with Crippen molar-refractivity contribution in [3.63, 3.8) is 0 Å². The number of anilines is 1. The van der Waals surface area contributed by atoms with E-state index in [4.69, 9.17) is 0 Å². The molecule has 0 aromatic heterocycles. The summed E-state index contributed by atoms with van der Waals surface area (Å²) in [6.45, 7) is 0. The summed E-state index contributed by atoms with van der Waals surface area (Å²) in [6.07, 6.45) is 2.70. The number of rotatable bonds is 4. The first-order valence-corrected chi connectivity index (χ1v) is 4.71. The van der Waals surface area contributed by atoms with E-state index in [1.54, 1.807) is 12.1 Å². The standard InChI is InChI=1S/C10H10N2O3/c13-6-7-1-4-9(11-8-2-3-8)10(5-7)12(14)15/h1,4-6,8,11H,2-3H2. The van der Waals surface area contributed by atoms with Gasteiger partial charge in [0.25, 0.3) is 5.69 Å². The Morgan fingerprint density at radius 1 is 1.47 bits per heavy atom. The third kappa shape index (κ3) is 2.12. The molecule has 0 atom stereocenters. The molecule has 78 valence electrons. The van der Waals surface area contributed by atoms with Crippen LogP contribution in [0.1, 0.15) is 23.2 Å². The Balaban J connectivity index is 2.33. The third-order valence-electron chi connectivity index (χ3n) is 2.29. The van der Waals surface area contributed by atoms with Crippen LogP contribution in [0.2, 0.25) is 0 Å². The van der Waals surface area contributed by atoms with Gasteiger partial charge in [0.2, 0.25) is 0 Å². The molecule has 1 aliphatic carbocycles. The van der Waals surface area contributed by atoms with Crippen LogP contribution in [0.5, 0.6) is 0 Å². The summed E-state index contributed by atoms with van der Waals surface area (Å²) >= 11 is 0. The van der Waals surface area contributed by atoms with Gasteiger partial charge in [0.15, 0.2) is 0 Å². The number of aldehydes is 1. The van der Waals surface area contributed by atoms with Crippen molar-refractivity contribution in [2.45, 2.75) is 18.9 Å². The molecule has 1 saturated carbocycles. The van der Waals surface area contributed by atoms with Crippen LogP contribution in [-0.2, 0) is 0 Å². The summed E-state index contributed by atoms with van der Waals surface area (Å²) in [5.74, 6) is 0. The minimum absolute atomic E-state index is 0.0356. The molecule has 0 aliphatic heterocycles. The monoisotopic (exact) mass is 206 g/mol. The van der Waals surface area contributed by atoms with Gasteiger partial charge < -0.3 is 5.32 Å². The molecule has 0 heterocycles. The molecule has 0 unspecified atom stereocenters. The van der Waals surface area contributed by atoms with Crippen LogP contribution in [0.3, 0.4) is 0 Å². The van der Waals surface area contributed by atoms with E-state index >= 15 is 0 Å². The van der Waals surface area contributed by atoms with Gasteiger partial charge in [-0.05, 0) is 25.0 Å². The number of carbonyl (C=O) groups excluding carboxylic acids is 1. The molecule has 1 aromatic carbocycles.